The lowest BCUT2D eigenvalue weighted by Crippen LogP contribution is -2.53. The standard InChI is InChI=1S/C18H21FN2O2S/c19-13-3-1-6-16-12(13)11-17(24-16)18(23)21-9-7-20(8-10-21)14-4-2-5-15(14)22/h1,3,6,11,14-15,22H,2,4-5,7-10H2/t14-,15-/m0/s1. The van der Waals surface area contributed by atoms with Crippen LogP contribution in [0.4, 0.5) is 4.39 Å². The second kappa shape index (κ2) is 6.43. The third kappa shape index (κ3) is 2.83. The van der Waals surface area contributed by atoms with Crippen molar-refractivity contribution in [3.8, 4) is 0 Å². The smallest absolute Gasteiger partial charge is 0.264 e. The molecule has 2 atom stereocenters. The van der Waals surface area contributed by atoms with Gasteiger partial charge in [0.25, 0.3) is 5.91 Å². The monoisotopic (exact) mass is 348 g/mol. The van der Waals surface area contributed by atoms with E-state index in [9.17, 15) is 14.3 Å². The summed E-state index contributed by atoms with van der Waals surface area (Å²) >= 11 is 1.35. The predicted octanol–water partition coefficient (Wildman–Crippen LogP) is 2.71. The van der Waals surface area contributed by atoms with Crippen molar-refractivity contribution < 1.29 is 14.3 Å². The highest BCUT2D eigenvalue weighted by Gasteiger charge is 2.33. The van der Waals surface area contributed by atoms with Gasteiger partial charge in [0.05, 0.1) is 11.0 Å². The van der Waals surface area contributed by atoms with Crippen LogP contribution < -0.4 is 0 Å². The van der Waals surface area contributed by atoms with E-state index in [1.165, 1.54) is 17.4 Å². The summed E-state index contributed by atoms with van der Waals surface area (Å²) in [4.78, 5) is 17.5. The summed E-state index contributed by atoms with van der Waals surface area (Å²) in [6.45, 7) is 2.93. The number of benzene rings is 1. The molecule has 4 nitrogen and oxygen atoms in total. The van der Waals surface area contributed by atoms with Gasteiger partial charge < -0.3 is 10.0 Å². The second-order valence-corrected chi connectivity index (χ2v) is 7.74. The molecule has 1 saturated heterocycles. The van der Waals surface area contributed by atoms with Crippen molar-refractivity contribution in [3.63, 3.8) is 0 Å². The molecule has 1 aromatic heterocycles. The average Bonchev–Trinajstić information content (AvgIpc) is 3.21. The number of fused-ring (bicyclic) bond motifs is 1. The molecule has 1 aromatic carbocycles. The molecule has 4 rings (SSSR count). The summed E-state index contributed by atoms with van der Waals surface area (Å²) in [6.07, 6.45) is 2.79. The molecule has 24 heavy (non-hydrogen) atoms. The fraction of sp³-hybridized carbons (Fsp3) is 0.500. The predicted molar refractivity (Wildman–Crippen MR) is 92.9 cm³/mol. The number of carbonyl (C=O) groups is 1. The quantitative estimate of drug-likeness (QED) is 0.908. The van der Waals surface area contributed by atoms with Gasteiger partial charge in [-0.05, 0) is 37.5 Å². The first-order valence-corrected chi connectivity index (χ1v) is 9.34. The Morgan fingerprint density at radius 1 is 1.21 bits per heavy atom. The van der Waals surface area contributed by atoms with Crippen LogP contribution in [0.3, 0.4) is 0 Å². The summed E-state index contributed by atoms with van der Waals surface area (Å²) in [5.74, 6) is -0.287. The minimum Gasteiger partial charge on any atom is -0.391 e. The zero-order valence-electron chi connectivity index (χ0n) is 13.4. The molecule has 1 saturated carbocycles. The third-order valence-corrected chi connectivity index (χ3v) is 6.32. The van der Waals surface area contributed by atoms with E-state index in [-0.39, 0.29) is 23.9 Å². The zero-order chi connectivity index (χ0) is 16.7. The minimum atomic E-state index is -0.275. The van der Waals surface area contributed by atoms with Gasteiger partial charge in [0.2, 0.25) is 0 Å². The van der Waals surface area contributed by atoms with Crippen LogP contribution in [0.1, 0.15) is 28.9 Å². The number of aliphatic hydroxyl groups excluding tert-OH is 1. The summed E-state index contributed by atoms with van der Waals surface area (Å²) in [7, 11) is 0. The van der Waals surface area contributed by atoms with Gasteiger partial charge in [0.15, 0.2) is 0 Å². The van der Waals surface area contributed by atoms with E-state index < -0.39 is 0 Å². The molecular formula is C18H21FN2O2S. The molecule has 2 heterocycles. The highest BCUT2D eigenvalue weighted by Crippen LogP contribution is 2.29. The Morgan fingerprint density at radius 3 is 2.67 bits per heavy atom. The number of amides is 1. The first kappa shape index (κ1) is 16.0. The van der Waals surface area contributed by atoms with Gasteiger partial charge in [0.1, 0.15) is 5.82 Å². The van der Waals surface area contributed by atoms with Crippen molar-refractivity contribution in [3.05, 3.63) is 35.0 Å². The lowest BCUT2D eigenvalue weighted by atomic mass is 10.1. The van der Waals surface area contributed by atoms with Gasteiger partial charge >= 0.3 is 0 Å². The van der Waals surface area contributed by atoms with Crippen LogP contribution in [-0.4, -0.2) is 59.1 Å². The topological polar surface area (TPSA) is 43.8 Å². The molecule has 6 heteroatoms. The Morgan fingerprint density at radius 2 is 2.00 bits per heavy atom. The van der Waals surface area contributed by atoms with E-state index in [1.54, 1.807) is 12.1 Å². The Balaban J connectivity index is 1.44. The van der Waals surface area contributed by atoms with Crippen LogP contribution in [0.2, 0.25) is 0 Å². The van der Waals surface area contributed by atoms with Crippen molar-refractivity contribution in [2.45, 2.75) is 31.4 Å². The number of hydrogen-bond acceptors (Lipinski definition) is 4. The van der Waals surface area contributed by atoms with Gasteiger partial charge in [-0.3, -0.25) is 9.69 Å². The van der Waals surface area contributed by atoms with Gasteiger partial charge in [0, 0.05) is 42.3 Å². The number of piperazine rings is 1. The molecule has 1 amide bonds. The molecule has 2 aliphatic rings. The van der Waals surface area contributed by atoms with Crippen molar-refractivity contribution in [1.29, 1.82) is 0 Å². The van der Waals surface area contributed by atoms with Crippen molar-refractivity contribution in [2.24, 2.45) is 0 Å². The van der Waals surface area contributed by atoms with E-state index in [0.29, 0.717) is 23.4 Å². The number of aliphatic hydroxyl groups is 1. The third-order valence-electron chi connectivity index (χ3n) is 5.23. The zero-order valence-corrected chi connectivity index (χ0v) is 14.3. The van der Waals surface area contributed by atoms with Crippen LogP contribution >= 0.6 is 11.3 Å². The van der Waals surface area contributed by atoms with Crippen LogP contribution in [0.25, 0.3) is 10.1 Å². The molecule has 1 N–H and O–H groups in total. The van der Waals surface area contributed by atoms with Gasteiger partial charge in [-0.25, -0.2) is 4.39 Å². The van der Waals surface area contributed by atoms with Crippen LogP contribution in [0.5, 0.6) is 0 Å². The molecule has 2 aromatic rings. The van der Waals surface area contributed by atoms with E-state index >= 15 is 0 Å². The minimum absolute atomic E-state index is 0.0118. The maximum Gasteiger partial charge on any atom is 0.264 e. The lowest BCUT2D eigenvalue weighted by molar-refractivity contribution is 0.0318. The average molecular weight is 348 g/mol. The molecule has 1 aliphatic heterocycles. The Kier molecular flexibility index (Phi) is 4.28. The summed E-state index contributed by atoms with van der Waals surface area (Å²) in [6, 6.07) is 6.87. The SMILES string of the molecule is O=C(c1cc2c(F)cccc2s1)N1CCN([C@H]2CCC[C@@H]2O)CC1. The van der Waals surface area contributed by atoms with E-state index in [0.717, 1.165) is 37.1 Å². The van der Waals surface area contributed by atoms with Crippen molar-refractivity contribution in [2.75, 3.05) is 26.2 Å². The van der Waals surface area contributed by atoms with Gasteiger partial charge in [-0.2, -0.15) is 0 Å². The molecule has 0 spiro atoms. The Bertz CT molecular complexity index is 755. The largest absolute Gasteiger partial charge is 0.391 e. The first-order valence-electron chi connectivity index (χ1n) is 8.53. The van der Waals surface area contributed by atoms with Crippen LogP contribution in [0.15, 0.2) is 24.3 Å². The van der Waals surface area contributed by atoms with E-state index in [2.05, 4.69) is 4.90 Å². The summed E-state index contributed by atoms with van der Waals surface area (Å²) in [5.41, 5.74) is 0. The normalized spacial score (nSPS) is 25.5. The summed E-state index contributed by atoms with van der Waals surface area (Å²) < 4.78 is 14.6. The molecule has 0 unspecified atom stereocenters. The number of thiophene rings is 1. The number of halogens is 1. The van der Waals surface area contributed by atoms with Crippen molar-refractivity contribution >= 4 is 27.3 Å². The highest BCUT2D eigenvalue weighted by atomic mass is 32.1. The molecule has 2 fully saturated rings. The van der Waals surface area contributed by atoms with Crippen molar-refractivity contribution in [1.82, 2.24) is 9.80 Å². The molecule has 0 bridgehead atoms. The fourth-order valence-electron chi connectivity index (χ4n) is 3.89. The fourth-order valence-corrected chi connectivity index (χ4v) is 4.93. The van der Waals surface area contributed by atoms with E-state index in [4.69, 9.17) is 0 Å². The Labute approximate surface area is 144 Å². The van der Waals surface area contributed by atoms with Crippen LogP contribution in [-0.2, 0) is 0 Å². The maximum atomic E-state index is 13.8. The first-order chi connectivity index (χ1) is 11.6. The summed E-state index contributed by atoms with van der Waals surface area (Å²) in [5, 5.41) is 10.6. The second-order valence-electron chi connectivity index (χ2n) is 6.66. The number of hydrogen-bond donors (Lipinski definition) is 1. The molecule has 128 valence electrons. The van der Waals surface area contributed by atoms with Gasteiger partial charge in [-0.15, -0.1) is 11.3 Å². The maximum absolute atomic E-state index is 13.8. The van der Waals surface area contributed by atoms with E-state index in [1.807, 2.05) is 11.0 Å². The lowest BCUT2D eigenvalue weighted by Gasteiger charge is -2.38. The van der Waals surface area contributed by atoms with Gasteiger partial charge in [-0.1, -0.05) is 6.07 Å². The Hall–Kier alpha value is -1.50. The number of nitrogens with zero attached hydrogens (tertiary/aromatic N) is 2. The molecular weight excluding hydrogens is 327 g/mol. The van der Waals surface area contributed by atoms with Crippen LogP contribution in [0, 0.1) is 5.82 Å². The number of carbonyl (C=O) groups excluding carboxylic acids is 1. The molecule has 1 aliphatic carbocycles. The number of rotatable bonds is 2. The highest BCUT2D eigenvalue weighted by molar-refractivity contribution is 7.20. The molecule has 0 radical (unpaired) electrons.